The summed E-state index contributed by atoms with van der Waals surface area (Å²) in [5.41, 5.74) is 4.79. The van der Waals surface area contributed by atoms with Gasteiger partial charge >= 0.3 is 5.97 Å². The lowest BCUT2D eigenvalue weighted by atomic mass is 9.98. The smallest absolute Gasteiger partial charge is 0.316 e. The van der Waals surface area contributed by atoms with Gasteiger partial charge in [-0.05, 0) is 81.0 Å². The summed E-state index contributed by atoms with van der Waals surface area (Å²) in [4.78, 5) is 17.3. The fourth-order valence-corrected chi connectivity index (χ4v) is 5.98. The molecule has 0 amide bonds. The molecule has 1 N–H and O–H groups in total. The average Bonchev–Trinajstić information content (AvgIpc) is 3.53. The first-order valence-corrected chi connectivity index (χ1v) is 14.6. The van der Waals surface area contributed by atoms with Gasteiger partial charge in [-0.15, -0.1) is 21.5 Å². The van der Waals surface area contributed by atoms with Crippen LogP contribution in [0.2, 0.25) is 0 Å². The van der Waals surface area contributed by atoms with Crippen LogP contribution in [-0.4, -0.2) is 37.6 Å². The fraction of sp³-hybridized carbons (Fsp3) is 0.357. The summed E-state index contributed by atoms with van der Waals surface area (Å²) in [5, 5.41) is 15.5. The average molecular weight is 552 g/mol. The lowest BCUT2D eigenvalue weighted by molar-refractivity contribution is -0.147. The quantitative estimate of drug-likeness (QED) is 0.181. The minimum absolute atomic E-state index is 0.0340. The number of ether oxygens (including phenoxy) is 1. The summed E-state index contributed by atoms with van der Waals surface area (Å²) in [7, 11) is 0. The van der Waals surface area contributed by atoms with Gasteiger partial charge in [-0.25, -0.2) is 9.37 Å². The van der Waals surface area contributed by atoms with Crippen LogP contribution in [0.1, 0.15) is 54.7 Å². The zero-order chi connectivity index (χ0) is 26.5. The van der Waals surface area contributed by atoms with Gasteiger partial charge in [-0.1, -0.05) is 30.3 Å². The normalized spacial score (nSPS) is 14.0. The van der Waals surface area contributed by atoms with Crippen molar-refractivity contribution >= 4 is 39.9 Å². The highest BCUT2D eigenvalue weighted by Crippen LogP contribution is 2.28. The second kappa shape index (κ2) is 12.1. The molecule has 0 bridgehead atoms. The highest BCUT2D eigenvalue weighted by molar-refractivity contribution is 7.99. The van der Waals surface area contributed by atoms with E-state index in [1.807, 2.05) is 9.95 Å². The molecule has 2 heterocycles. The first kappa shape index (κ1) is 26.4. The molecule has 5 rings (SSSR count). The predicted molar refractivity (Wildman–Crippen MR) is 149 cm³/mol. The highest BCUT2D eigenvalue weighted by atomic mass is 32.2. The molecule has 1 aliphatic carbocycles. The molecule has 0 saturated heterocycles. The summed E-state index contributed by atoms with van der Waals surface area (Å²) in [6, 6.07) is 12.4. The van der Waals surface area contributed by atoms with Crippen LogP contribution in [0, 0.1) is 19.7 Å². The number of halogens is 1. The van der Waals surface area contributed by atoms with Crippen molar-refractivity contribution in [3.63, 3.8) is 0 Å². The first-order chi connectivity index (χ1) is 18.4. The Hall–Kier alpha value is -3.24. The predicted octanol–water partition coefficient (Wildman–Crippen LogP) is 6.78. The maximum atomic E-state index is 13.2. The van der Waals surface area contributed by atoms with Gasteiger partial charge in [0.25, 0.3) is 0 Å². The van der Waals surface area contributed by atoms with E-state index < -0.39 is 0 Å². The zero-order valence-corrected chi connectivity index (χ0v) is 23.1. The molecule has 0 spiro atoms. The molecule has 1 saturated carbocycles. The van der Waals surface area contributed by atoms with E-state index in [9.17, 15) is 9.18 Å². The van der Waals surface area contributed by atoms with E-state index in [0.717, 1.165) is 59.7 Å². The van der Waals surface area contributed by atoms with Crippen LogP contribution in [0.5, 0.6) is 0 Å². The topological polar surface area (TPSA) is 81.9 Å². The van der Waals surface area contributed by atoms with Gasteiger partial charge < -0.3 is 10.1 Å². The molecule has 0 radical (unpaired) electrons. The lowest BCUT2D eigenvalue weighted by Gasteiger charge is -2.21. The Bertz CT molecular complexity index is 1400. The zero-order valence-electron chi connectivity index (χ0n) is 21.4. The van der Waals surface area contributed by atoms with E-state index in [4.69, 9.17) is 9.72 Å². The van der Waals surface area contributed by atoms with Crippen molar-refractivity contribution in [3.8, 4) is 5.69 Å². The maximum absolute atomic E-state index is 13.2. The summed E-state index contributed by atoms with van der Waals surface area (Å²) < 4.78 is 21.0. The van der Waals surface area contributed by atoms with Gasteiger partial charge in [-0.2, -0.15) is 0 Å². The molecule has 38 heavy (non-hydrogen) atoms. The number of rotatable bonds is 9. The van der Waals surface area contributed by atoms with Crippen LogP contribution in [0.25, 0.3) is 5.69 Å². The number of carbonyl (C=O) groups excluding carboxylic acids is 1. The van der Waals surface area contributed by atoms with E-state index in [-0.39, 0.29) is 23.6 Å². The van der Waals surface area contributed by atoms with E-state index >= 15 is 0 Å². The fourth-order valence-electron chi connectivity index (χ4n) is 4.50. The number of thioether (sulfide) groups is 1. The summed E-state index contributed by atoms with van der Waals surface area (Å²) in [5.74, 6) is 0.426. The molecule has 4 aromatic rings. The van der Waals surface area contributed by atoms with Gasteiger partial charge in [0.2, 0.25) is 0 Å². The molecule has 1 aliphatic rings. The van der Waals surface area contributed by atoms with Crippen LogP contribution in [0.4, 0.5) is 15.2 Å². The van der Waals surface area contributed by atoms with E-state index in [1.54, 1.807) is 12.1 Å². The molecule has 0 atom stereocenters. The number of aromatic nitrogens is 4. The highest BCUT2D eigenvalue weighted by Gasteiger charge is 2.21. The number of thiazole rings is 1. The van der Waals surface area contributed by atoms with Crippen molar-refractivity contribution in [2.75, 3.05) is 11.1 Å². The van der Waals surface area contributed by atoms with Gasteiger partial charge in [0.1, 0.15) is 17.7 Å². The van der Waals surface area contributed by atoms with Crippen molar-refractivity contribution in [1.29, 1.82) is 0 Å². The van der Waals surface area contributed by atoms with Gasteiger partial charge in [-0.3, -0.25) is 9.36 Å². The Kier molecular flexibility index (Phi) is 8.38. The van der Waals surface area contributed by atoms with Crippen molar-refractivity contribution in [2.24, 2.45) is 0 Å². The third kappa shape index (κ3) is 6.60. The molecule has 2 aromatic carbocycles. The summed E-state index contributed by atoms with van der Waals surface area (Å²) in [6.07, 6.45) is 5.85. The standard InChI is InChI=1S/C28H30FN5O2S2/c1-18-8-9-19(2)24(14-18)34-25(15-22-16-37-27(31-22)30-21-12-10-20(29)11-13-21)32-33-28(34)38-17-26(35)36-23-6-4-3-5-7-23/h8-14,16,23H,3-7,15,17H2,1-2H3,(H,30,31). The Morgan fingerprint density at radius 1 is 1.13 bits per heavy atom. The molecule has 7 nitrogen and oxygen atoms in total. The molecular weight excluding hydrogens is 521 g/mol. The number of benzene rings is 2. The van der Waals surface area contributed by atoms with Crippen LogP contribution >= 0.6 is 23.1 Å². The van der Waals surface area contributed by atoms with Crippen LogP contribution in [0.3, 0.4) is 0 Å². The number of aryl methyl sites for hydroxylation is 2. The Balaban J connectivity index is 1.34. The SMILES string of the molecule is Cc1ccc(C)c(-n2c(Cc3csc(Nc4ccc(F)cc4)n3)nnc2SCC(=O)OC2CCCCC2)c1. The number of esters is 1. The number of nitrogens with zero attached hydrogens (tertiary/aromatic N) is 4. The second-order valence-electron chi connectivity index (χ2n) is 9.52. The molecule has 0 aliphatic heterocycles. The Morgan fingerprint density at radius 2 is 1.92 bits per heavy atom. The van der Waals surface area contributed by atoms with Gasteiger partial charge in [0.05, 0.1) is 23.6 Å². The molecule has 10 heteroatoms. The van der Waals surface area contributed by atoms with Crippen molar-refractivity contribution < 1.29 is 13.9 Å². The van der Waals surface area contributed by atoms with Crippen LogP contribution in [-0.2, 0) is 16.0 Å². The third-order valence-electron chi connectivity index (χ3n) is 6.46. The summed E-state index contributed by atoms with van der Waals surface area (Å²) >= 11 is 2.82. The number of hydrogen-bond donors (Lipinski definition) is 1. The van der Waals surface area contributed by atoms with Crippen molar-refractivity contribution in [2.45, 2.75) is 63.6 Å². The number of nitrogens with one attached hydrogen (secondary N) is 1. The summed E-state index contributed by atoms with van der Waals surface area (Å²) in [6.45, 7) is 4.10. The van der Waals surface area contributed by atoms with Gasteiger partial charge in [0.15, 0.2) is 10.3 Å². The lowest BCUT2D eigenvalue weighted by Crippen LogP contribution is -2.22. The molecule has 2 aromatic heterocycles. The third-order valence-corrected chi connectivity index (χ3v) is 8.17. The Morgan fingerprint density at radius 3 is 2.71 bits per heavy atom. The van der Waals surface area contributed by atoms with Crippen molar-refractivity contribution in [1.82, 2.24) is 19.7 Å². The van der Waals surface area contributed by atoms with Gasteiger partial charge in [0, 0.05) is 11.1 Å². The monoisotopic (exact) mass is 551 g/mol. The maximum Gasteiger partial charge on any atom is 0.316 e. The van der Waals surface area contributed by atoms with E-state index in [0.29, 0.717) is 16.7 Å². The van der Waals surface area contributed by atoms with E-state index in [2.05, 4.69) is 47.6 Å². The number of carbonyl (C=O) groups is 1. The molecule has 198 valence electrons. The van der Waals surface area contributed by atoms with Crippen LogP contribution < -0.4 is 5.32 Å². The minimum atomic E-state index is -0.280. The first-order valence-electron chi connectivity index (χ1n) is 12.8. The van der Waals surface area contributed by atoms with Crippen molar-refractivity contribution in [3.05, 3.63) is 76.3 Å². The number of hydrogen-bond acceptors (Lipinski definition) is 8. The van der Waals surface area contributed by atoms with Crippen LogP contribution in [0.15, 0.2) is 53.0 Å². The second-order valence-corrected chi connectivity index (χ2v) is 11.3. The molecular formula is C28H30FN5O2S2. The number of anilines is 2. The molecule has 1 fully saturated rings. The molecule has 0 unspecified atom stereocenters. The Labute approximate surface area is 229 Å². The largest absolute Gasteiger partial charge is 0.462 e. The van der Waals surface area contributed by atoms with E-state index in [1.165, 1.54) is 41.7 Å². The minimum Gasteiger partial charge on any atom is -0.462 e.